The molecule has 0 fully saturated rings. The molecule has 2 aromatic rings. The second-order valence-electron chi connectivity index (χ2n) is 5.12. The molecule has 2 nitrogen and oxygen atoms in total. The van der Waals surface area contributed by atoms with Crippen molar-refractivity contribution >= 4 is 0 Å². The lowest BCUT2D eigenvalue weighted by Crippen LogP contribution is -2.12. The molecule has 18 heavy (non-hydrogen) atoms. The molecular weight excluding hydrogens is 241 g/mol. The highest BCUT2D eigenvalue weighted by Gasteiger charge is 2.18. The van der Waals surface area contributed by atoms with Crippen LogP contribution in [0.25, 0.3) is 5.69 Å². The average Bonchev–Trinajstić information content (AvgIpc) is 2.73. The van der Waals surface area contributed by atoms with E-state index in [0.29, 0.717) is 0 Å². The van der Waals surface area contributed by atoms with Crippen LogP contribution in [0.5, 0.6) is 0 Å². The fraction of sp³-hybridized carbons (Fsp3) is 0.308. The first-order valence-electron chi connectivity index (χ1n) is 5.50. The smallest absolute Gasteiger partial charge is 0.194 e. The molecule has 1 heterocycles. The summed E-state index contributed by atoms with van der Waals surface area (Å²) < 4.78 is 40.4. The van der Waals surface area contributed by atoms with Crippen LogP contribution in [0.2, 0.25) is 0 Å². The van der Waals surface area contributed by atoms with Crippen LogP contribution >= 0.6 is 0 Å². The molecule has 0 saturated carbocycles. The zero-order valence-corrected chi connectivity index (χ0v) is 10.3. The van der Waals surface area contributed by atoms with Gasteiger partial charge in [0, 0.05) is 23.7 Å². The summed E-state index contributed by atoms with van der Waals surface area (Å²) >= 11 is 0. The van der Waals surface area contributed by atoms with Gasteiger partial charge in [-0.05, 0) is 6.07 Å². The Balaban J connectivity index is 2.47. The number of hydrogen-bond acceptors (Lipinski definition) is 1. The third-order valence-corrected chi connectivity index (χ3v) is 2.59. The molecule has 2 rings (SSSR count). The molecule has 0 amide bonds. The number of benzene rings is 1. The van der Waals surface area contributed by atoms with Gasteiger partial charge in [-0.2, -0.15) is 5.10 Å². The first-order valence-corrected chi connectivity index (χ1v) is 5.50. The minimum atomic E-state index is -1.47. The first-order chi connectivity index (χ1) is 8.29. The van der Waals surface area contributed by atoms with Crippen LogP contribution in [0.3, 0.4) is 0 Å². The molecule has 0 saturated heterocycles. The van der Waals surface area contributed by atoms with Gasteiger partial charge in [0.15, 0.2) is 17.5 Å². The SMILES string of the molecule is CC(C)(C)c1ccn(-c2cc(F)c(F)c(F)c2)n1. The molecule has 5 heteroatoms. The summed E-state index contributed by atoms with van der Waals surface area (Å²) in [5.74, 6) is -3.92. The maximum atomic E-state index is 13.1. The van der Waals surface area contributed by atoms with Crippen LogP contribution in [0.4, 0.5) is 13.2 Å². The highest BCUT2D eigenvalue weighted by Crippen LogP contribution is 2.22. The van der Waals surface area contributed by atoms with E-state index < -0.39 is 17.5 Å². The zero-order chi connectivity index (χ0) is 13.5. The quantitative estimate of drug-likeness (QED) is 0.711. The topological polar surface area (TPSA) is 17.8 Å². The lowest BCUT2D eigenvalue weighted by molar-refractivity contribution is 0.445. The van der Waals surface area contributed by atoms with Gasteiger partial charge < -0.3 is 0 Å². The van der Waals surface area contributed by atoms with Crippen LogP contribution in [0.15, 0.2) is 24.4 Å². The summed E-state index contributed by atoms with van der Waals surface area (Å²) in [6.45, 7) is 5.93. The molecular formula is C13H13F3N2. The fourth-order valence-corrected chi connectivity index (χ4v) is 1.54. The third-order valence-electron chi connectivity index (χ3n) is 2.59. The Labute approximate surface area is 103 Å². The highest BCUT2D eigenvalue weighted by atomic mass is 19.2. The van der Waals surface area contributed by atoms with Gasteiger partial charge in [0.1, 0.15) is 0 Å². The lowest BCUT2D eigenvalue weighted by Gasteiger charge is -2.14. The number of halogens is 3. The van der Waals surface area contributed by atoms with Crippen molar-refractivity contribution in [3.8, 4) is 5.69 Å². The predicted molar refractivity (Wildman–Crippen MR) is 62.1 cm³/mol. The standard InChI is InChI=1S/C13H13F3N2/c1-13(2,3)11-4-5-18(17-11)8-6-9(14)12(16)10(15)7-8/h4-7H,1-3H3. The van der Waals surface area contributed by atoms with Crippen LogP contribution in [-0.4, -0.2) is 9.78 Å². The minimum absolute atomic E-state index is 0.155. The van der Waals surface area contributed by atoms with E-state index in [2.05, 4.69) is 5.10 Å². The fourth-order valence-electron chi connectivity index (χ4n) is 1.54. The third kappa shape index (κ3) is 2.25. The van der Waals surface area contributed by atoms with E-state index in [1.165, 1.54) is 4.68 Å². The van der Waals surface area contributed by atoms with Gasteiger partial charge in [0.05, 0.1) is 11.4 Å². The van der Waals surface area contributed by atoms with Crippen molar-refractivity contribution < 1.29 is 13.2 Å². The Hall–Kier alpha value is -1.78. The summed E-state index contributed by atoms with van der Waals surface area (Å²) in [5.41, 5.74) is 0.775. The van der Waals surface area contributed by atoms with Crippen molar-refractivity contribution in [1.29, 1.82) is 0 Å². The Morgan fingerprint density at radius 3 is 2.06 bits per heavy atom. The number of rotatable bonds is 1. The van der Waals surface area contributed by atoms with E-state index in [-0.39, 0.29) is 11.1 Å². The van der Waals surface area contributed by atoms with Gasteiger partial charge >= 0.3 is 0 Å². The van der Waals surface area contributed by atoms with Crippen molar-refractivity contribution in [1.82, 2.24) is 9.78 Å². The van der Waals surface area contributed by atoms with Crippen LogP contribution in [0.1, 0.15) is 26.5 Å². The van der Waals surface area contributed by atoms with E-state index in [1.807, 2.05) is 20.8 Å². The van der Waals surface area contributed by atoms with Gasteiger partial charge in [-0.1, -0.05) is 20.8 Å². The predicted octanol–water partition coefficient (Wildman–Crippen LogP) is 3.59. The van der Waals surface area contributed by atoms with E-state index in [0.717, 1.165) is 17.8 Å². The normalized spacial score (nSPS) is 11.9. The largest absolute Gasteiger partial charge is 0.240 e. The van der Waals surface area contributed by atoms with E-state index in [4.69, 9.17) is 0 Å². The van der Waals surface area contributed by atoms with E-state index in [1.54, 1.807) is 12.3 Å². The zero-order valence-electron chi connectivity index (χ0n) is 10.3. The van der Waals surface area contributed by atoms with Crippen LogP contribution in [-0.2, 0) is 5.41 Å². The summed E-state index contributed by atoms with van der Waals surface area (Å²) in [5, 5.41) is 4.22. The first kappa shape index (κ1) is 12.7. The van der Waals surface area contributed by atoms with Gasteiger partial charge in [-0.15, -0.1) is 0 Å². The van der Waals surface area contributed by atoms with Crippen molar-refractivity contribution in [3.63, 3.8) is 0 Å². The second-order valence-corrected chi connectivity index (χ2v) is 5.12. The molecule has 0 atom stereocenters. The molecule has 0 spiro atoms. The molecule has 96 valence electrons. The van der Waals surface area contributed by atoms with Gasteiger partial charge in [0.2, 0.25) is 0 Å². The molecule has 0 aliphatic rings. The van der Waals surface area contributed by atoms with Crippen LogP contribution in [0, 0.1) is 17.5 Å². The average molecular weight is 254 g/mol. The monoisotopic (exact) mass is 254 g/mol. The summed E-state index contributed by atoms with van der Waals surface area (Å²) in [4.78, 5) is 0. The Morgan fingerprint density at radius 2 is 1.61 bits per heavy atom. The molecule has 0 aliphatic carbocycles. The molecule has 1 aromatic heterocycles. The van der Waals surface area contributed by atoms with Gasteiger partial charge in [0.25, 0.3) is 0 Å². The van der Waals surface area contributed by atoms with Crippen molar-refractivity contribution in [2.24, 2.45) is 0 Å². The number of aromatic nitrogens is 2. The number of hydrogen-bond donors (Lipinski definition) is 0. The summed E-state index contributed by atoms with van der Waals surface area (Å²) in [6.07, 6.45) is 1.59. The molecule has 0 aliphatic heterocycles. The van der Waals surface area contributed by atoms with Gasteiger partial charge in [-0.25, -0.2) is 17.9 Å². The summed E-state index contributed by atoms with van der Waals surface area (Å²) in [7, 11) is 0. The maximum absolute atomic E-state index is 13.1. The van der Waals surface area contributed by atoms with Crippen LogP contribution < -0.4 is 0 Å². The van der Waals surface area contributed by atoms with Gasteiger partial charge in [-0.3, -0.25) is 0 Å². The Kier molecular flexibility index (Phi) is 2.92. The van der Waals surface area contributed by atoms with E-state index >= 15 is 0 Å². The molecule has 0 radical (unpaired) electrons. The number of nitrogens with zero attached hydrogens (tertiary/aromatic N) is 2. The minimum Gasteiger partial charge on any atom is -0.240 e. The molecule has 0 N–H and O–H groups in total. The second kappa shape index (κ2) is 4.15. The maximum Gasteiger partial charge on any atom is 0.194 e. The lowest BCUT2D eigenvalue weighted by atomic mass is 9.93. The highest BCUT2D eigenvalue weighted by molar-refractivity contribution is 5.33. The Morgan fingerprint density at radius 1 is 1.06 bits per heavy atom. The molecule has 0 bridgehead atoms. The van der Waals surface area contributed by atoms with Crippen molar-refractivity contribution in [2.45, 2.75) is 26.2 Å². The van der Waals surface area contributed by atoms with Crippen molar-refractivity contribution in [3.05, 3.63) is 47.5 Å². The van der Waals surface area contributed by atoms with Crippen molar-refractivity contribution in [2.75, 3.05) is 0 Å². The van der Waals surface area contributed by atoms with E-state index in [9.17, 15) is 13.2 Å². The molecule has 1 aromatic carbocycles. The summed E-state index contributed by atoms with van der Waals surface area (Å²) in [6, 6.07) is 3.59. The Bertz CT molecular complexity index is 559. The molecule has 0 unspecified atom stereocenters.